The molecule has 2 N–H and O–H groups in total. The van der Waals surface area contributed by atoms with Crippen LogP contribution in [0.4, 0.5) is 17.1 Å². The summed E-state index contributed by atoms with van der Waals surface area (Å²) < 4.78 is 0. The fourth-order valence-electron chi connectivity index (χ4n) is 3.44. The number of benzene rings is 2. The summed E-state index contributed by atoms with van der Waals surface area (Å²) in [4.78, 5) is 37.9. The Balaban J connectivity index is 1.62. The SMILES string of the molecule is CC[C@@H](C)c1ccc(N2C[C@@H](C(=O)Nc3ccc(NC(C)=O)cc3)CC2=O)cc1. The number of nitrogens with zero attached hydrogens (tertiary/aromatic N) is 1. The van der Waals surface area contributed by atoms with Crippen molar-refractivity contribution in [1.29, 1.82) is 0 Å². The van der Waals surface area contributed by atoms with Crippen LogP contribution in [0.15, 0.2) is 48.5 Å². The van der Waals surface area contributed by atoms with Crippen molar-refractivity contribution in [2.75, 3.05) is 22.1 Å². The van der Waals surface area contributed by atoms with Gasteiger partial charge in [-0.2, -0.15) is 0 Å². The number of hydrogen-bond acceptors (Lipinski definition) is 3. The Labute approximate surface area is 171 Å². The predicted molar refractivity (Wildman–Crippen MR) is 115 cm³/mol. The van der Waals surface area contributed by atoms with Gasteiger partial charge in [-0.3, -0.25) is 14.4 Å². The molecule has 3 amide bonds. The maximum atomic E-state index is 12.6. The van der Waals surface area contributed by atoms with Gasteiger partial charge in [-0.1, -0.05) is 26.0 Å². The first-order valence-corrected chi connectivity index (χ1v) is 9.96. The van der Waals surface area contributed by atoms with Crippen molar-refractivity contribution in [3.8, 4) is 0 Å². The number of nitrogens with one attached hydrogen (secondary N) is 2. The zero-order valence-electron chi connectivity index (χ0n) is 17.1. The number of hydrogen-bond donors (Lipinski definition) is 2. The Bertz CT molecular complexity index is 891. The normalized spacial score (nSPS) is 17.1. The smallest absolute Gasteiger partial charge is 0.229 e. The van der Waals surface area contributed by atoms with Gasteiger partial charge in [-0.15, -0.1) is 0 Å². The van der Waals surface area contributed by atoms with E-state index in [1.165, 1.54) is 12.5 Å². The van der Waals surface area contributed by atoms with Crippen LogP contribution in [-0.2, 0) is 14.4 Å². The summed E-state index contributed by atoms with van der Waals surface area (Å²) in [5.74, 6) is -0.281. The first kappa shape index (κ1) is 20.6. The minimum atomic E-state index is -0.397. The van der Waals surface area contributed by atoms with Crippen molar-refractivity contribution in [2.45, 2.75) is 39.5 Å². The molecule has 0 unspecified atom stereocenters. The van der Waals surface area contributed by atoms with Gasteiger partial charge < -0.3 is 15.5 Å². The van der Waals surface area contributed by atoms with Gasteiger partial charge in [0.1, 0.15) is 0 Å². The molecule has 1 heterocycles. The van der Waals surface area contributed by atoms with Gasteiger partial charge in [-0.05, 0) is 54.3 Å². The molecule has 0 aromatic heterocycles. The first-order chi connectivity index (χ1) is 13.9. The summed E-state index contributed by atoms with van der Waals surface area (Å²) in [6.07, 6.45) is 1.26. The topological polar surface area (TPSA) is 78.5 Å². The number of anilines is 3. The van der Waals surface area contributed by atoms with Crippen LogP contribution in [0, 0.1) is 5.92 Å². The van der Waals surface area contributed by atoms with Crippen molar-refractivity contribution >= 4 is 34.8 Å². The lowest BCUT2D eigenvalue weighted by molar-refractivity contribution is -0.122. The van der Waals surface area contributed by atoms with E-state index in [-0.39, 0.29) is 24.1 Å². The van der Waals surface area contributed by atoms with Gasteiger partial charge in [0.05, 0.1) is 5.92 Å². The molecule has 6 heteroatoms. The average Bonchev–Trinajstić information content (AvgIpc) is 3.10. The van der Waals surface area contributed by atoms with Crippen LogP contribution in [0.1, 0.15) is 45.1 Å². The molecule has 152 valence electrons. The molecule has 0 bridgehead atoms. The van der Waals surface area contributed by atoms with Crippen LogP contribution < -0.4 is 15.5 Å². The van der Waals surface area contributed by atoms with E-state index in [1.807, 2.05) is 12.1 Å². The fourth-order valence-corrected chi connectivity index (χ4v) is 3.44. The quantitative estimate of drug-likeness (QED) is 0.774. The summed E-state index contributed by atoms with van der Waals surface area (Å²) >= 11 is 0. The maximum Gasteiger partial charge on any atom is 0.229 e. The molecule has 2 aromatic carbocycles. The summed E-state index contributed by atoms with van der Waals surface area (Å²) in [5.41, 5.74) is 3.38. The molecular weight excluding hydrogens is 366 g/mol. The number of carbonyl (C=O) groups excluding carboxylic acids is 3. The first-order valence-electron chi connectivity index (χ1n) is 9.96. The van der Waals surface area contributed by atoms with Crippen LogP contribution in [0.5, 0.6) is 0 Å². The lowest BCUT2D eigenvalue weighted by atomic mass is 9.98. The van der Waals surface area contributed by atoms with Crippen LogP contribution in [0.3, 0.4) is 0 Å². The van der Waals surface area contributed by atoms with Gasteiger partial charge in [0.2, 0.25) is 17.7 Å². The Morgan fingerprint density at radius 1 is 1.03 bits per heavy atom. The Kier molecular flexibility index (Phi) is 6.32. The fraction of sp³-hybridized carbons (Fsp3) is 0.348. The summed E-state index contributed by atoms with van der Waals surface area (Å²) in [7, 11) is 0. The van der Waals surface area contributed by atoms with E-state index < -0.39 is 5.92 Å². The third kappa shape index (κ3) is 5.02. The zero-order valence-corrected chi connectivity index (χ0v) is 17.1. The van der Waals surface area contributed by atoms with Crippen molar-refractivity contribution in [3.05, 3.63) is 54.1 Å². The average molecular weight is 393 g/mol. The third-order valence-corrected chi connectivity index (χ3v) is 5.35. The lowest BCUT2D eigenvalue weighted by Crippen LogP contribution is -2.28. The highest BCUT2D eigenvalue weighted by molar-refractivity contribution is 6.03. The zero-order chi connectivity index (χ0) is 21.0. The van der Waals surface area contributed by atoms with Crippen molar-refractivity contribution in [3.63, 3.8) is 0 Å². The van der Waals surface area contributed by atoms with Crippen molar-refractivity contribution < 1.29 is 14.4 Å². The molecule has 3 rings (SSSR count). The largest absolute Gasteiger partial charge is 0.326 e. The Hall–Kier alpha value is -3.15. The standard InChI is InChI=1S/C23H27N3O3/c1-4-15(2)17-5-11-21(12-6-17)26-14-18(13-22(26)28)23(29)25-20-9-7-19(8-10-20)24-16(3)27/h5-12,15,18H,4,13-14H2,1-3H3,(H,24,27)(H,25,29)/t15-,18+/m1/s1. The molecule has 6 nitrogen and oxygen atoms in total. The molecule has 1 aliphatic heterocycles. The van der Waals surface area contributed by atoms with Crippen molar-refractivity contribution in [1.82, 2.24) is 0 Å². The molecule has 2 aromatic rings. The summed E-state index contributed by atoms with van der Waals surface area (Å²) in [6.45, 7) is 6.14. The van der Waals surface area contributed by atoms with Crippen LogP contribution in [0.25, 0.3) is 0 Å². The van der Waals surface area contributed by atoms with Gasteiger partial charge in [0, 0.05) is 37.0 Å². The highest BCUT2D eigenvalue weighted by Crippen LogP contribution is 2.28. The molecule has 29 heavy (non-hydrogen) atoms. The van der Waals surface area contributed by atoms with E-state index in [9.17, 15) is 14.4 Å². The highest BCUT2D eigenvalue weighted by atomic mass is 16.2. The van der Waals surface area contributed by atoms with E-state index >= 15 is 0 Å². The molecule has 0 radical (unpaired) electrons. The predicted octanol–water partition coefficient (Wildman–Crippen LogP) is 4.15. The number of rotatable bonds is 6. The van der Waals surface area contributed by atoms with Crippen LogP contribution >= 0.6 is 0 Å². The van der Waals surface area contributed by atoms with Gasteiger partial charge in [-0.25, -0.2) is 0 Å². The number of amides is 3. The molecule has 1 fully saturated rings. The second-order valence-corrected chi connectivity index (χ2v) is 7.55. The Morgan fingerprint density at radius 3 is 2.17 bits per heavy atom. The molecule has 2 atom stereocenters. The second kappa shape index (κ2) is 8.90. The monoisotopic (exact) mass is 393 g/mol. The van der Waals surface area contributed by atoms with Gasteiger partial charge >= 0.3 is 0 Å². The molecule has 0 aliphatic carbocycles. The van der Waals surface area contributed by atoms with Gasteiger partial charge in [0.25, 0.3) is 0 Å². The molecule has 0 spiro atoms. The van der Waals surface area contributed by atoms with Crippen LogP contribution in [-0.4, -0.2) is 24.3 Å². The highest BCUT2D eigenvalue weighted by Gasteiger charge is 2.35. The maximum absolute atomic E-state index is 12.6. The van der Waals surface area contributed by atoms with E-state index in [2.05, 4.69) is 36.6 Å². The third-order valence-electron chi connectivity index (χ3n) is 5.35. The number of carbonyl (C=O) groups is 3. The summed E-state index contributed by atoms with van der Waals surface area (Å²) in [6, 6.07) is 14.9. The van der Waals surface area contributed by atoms with Crippen molar-refractivity contribution in [2.24, 2.45) is 5.92 Å². The second-order valence-electron chi connectivity index (χ2n) is 7.55. The molecule has 1 aliphatic rings. The van der Waals surface area contributed by atoms with E-state index in [1.54, 1.807) is 29.2 Å². The van der Waals surface area contributed by atoms with Crippen LogP contribution in [0.2, 0.25) is 0 Å². The van der Waals surface area contributed by atoms with E-state index in [4.69, 9.17) is 0 Å². The summed E-state index contributed by atoms with van der Waals surface area (Å²) in [5, 5.41) is 5.54. The molecular formula is C23H27N3O3. The minimum Gasteiger partial charge on any atom is -0.326 e. The Morgan fingerprint density at radius 2 is 1.62 bits per heavy atom. The van der Waals surface area contributed by atoms with Gasteiger partial charge in [0.15, 0.2) is 0 Å². The van der Waals surface area contributed by atoms with E-state index in [0.29, 0.717) is 23.8 Å². The molecule has 1 saturated heterocycles. The molecule has 0 saturated carbocycles. The van der Waals surface area contributed by atoms with E-state index in [0.717, 1.165) is 12.1 Å². The minimum absolute atomic E-state index is 0.0394. The lowest BCUT2D eigenvalue weighted by Gasteiger charge is -2.18.